The fourth-order valence-electron chi connectivity index (χ4n) is 5.61. The number of furan rings is 2. The van der Waals surface area contributed by atoms with E-state index in [1.807, 2.05) is 13.8 Å². The molecular weight excluding hydrogens is 556 g/mol. The molecule has 0 fully saturated rings. The summed E-state index contributed by atoms with van der Waals surface area (Å²) in [4.78, 5) is 26.0. The van der Waals surface area contributed by atoms with E-state index in [2.05, 4.69) is 0 Å². The third-order valence-electron chi connectivity index (χ3n) is 7.60. The number of hydrogen-bond donors (Lipinski definition) is 0. The first-order chi connectivity index (χ1) is 20.7. The van der Waals surface area contributed by atoms with Gasteiger partial charge in [0.1, 0.15) is 33.8 Å². The van der Waals surface area contributed by atoms with E-state index >= 15 is 0 Å². The van der Waals surface area contributed by atoms with Crippen molar-refractivity contribution in [1.29, 1.82) is 0 Å². The SMILES string of the molecule is CCC(CCC(C)Oc1c2occc2c(OC)c2c(=O)cc(C)oc12)Oc1c2occc2c(OC)c2c(=O)cc(C)oc12. The molecule has 2 atom stereocenters. The molecule has 0 aliphatic rings. The van der Waals surface area contributed by atoms with Crippen LogP contribution in [0, 0.1) is 13.8 Å². The molecule has 10 nitrogen and oxygen atoms in total. The van der Waals surface area contributed by atoms with Gasteiger partial charge in [0.2, 0.25) is 11.5 Å². The highest BCUT2D eigenvalue weighted by molar-refractivity contribution is 6.07. The fourth-order valence-corrected chi connectivity index (χ4v) is 5.61. The zero-order valence-corrected chi connectivity index (χ0v) is 24.8. The molecule has 0 aliphatic heterocycles. The van der Waals surface area contributed by atoms with Crippen molar-refractivity contribution in [2.45, 2.75) is 59.2 Å². The first-order valence-corrected chi connectivity index (χ1v) is 14.1. The molecule has 43 heavy (non-hydrogen) atoms. The quantitative estimate of drug-likeness (QED) is 0.160. The normalized spacial score (nSPS) is 13.2. The van der Waals surface area contributed by atoms with E-state index in [-0.39, 0.29) is 34.2 Å². The van der Waals surface area contributed by atoms with Gasteiger partial charge in [0.15, 0.2) is 33.2 Å². The predicted octanol–water partition coefficient (Wildman–Crippen LogP) is 7.43. The summed E-state index contributed by atoms with van der Waals surface area (Å²) in [5, 5.41) is 1.84. The summed E-state index contributed by atoms with van der Waals surface area (Å²) in [7, 11) is 3.01. The average Bonchev–Trinajstić information content (AvgIpc) is 3.66. The van der Waals surface area contributed by atoms with Gasteiger partial charge in [0, 0.05) is 12.1 Å². The highest BCUT2D eigenvalue weighted by Gasteiger charge is 2.27. The number of methoxy groups -OCH3 is 2. The van der Waals surface area contributed by atoms with Crippen molar-refractivity contribution in [2.24, 2.45) is 0 Å². The molecule has 0 saturated heterocycles. The lowest BCUT2D eigenvalue weighted by Crippen LogP contribution is -2.21. The van der Waals surface area contributed by atoms with Crippen molar-refractivity contribution in [3.63, 3.8) is 0 Å². The van der Waals surface area contributed by atoms with Gasteiger partial charge in [-0.1, -0.05) is 6.92 Å². The highest BCUT2D eigenvalue weighted by Crippen LogP contribution is 2.44. The highest BCUT2D eigenvalue weighted by atomic mass is 16.5. The minimum Gasteiger partial charge on any atom is -0.495 e. The molecule has 0 N–H and O–H groups in total. The van der Waals surface area contributed by atoms with Crippen LogP contribution >= 0.6 is 0 Å². The second-order valence-electron chi connectivity index (χ2n) is 10.6. The lowest BCUT2D eigenvalue weighted by atomic mass is 10.1. The Morgan fingerprint density at radius 1 is 0.698 bits per heavy atom. The average molecular weight is 589 g/mol. The maximum absolute atomic E-state index is 13.0. The lowest BCUT2D eigenvalue weighted by Gasteiger charge is -2.22. The van der Waals surface area contributed by atoms with E-state index < -0.39 is 0 Å². The second-order valence-corrected chi connectivity index (χ2v) is 10.6. The molecule has 0 bridgehead atoms. The Hall–Kier alpha value is -4.86. The Bertz CT molecular complexity index is 2090. The van der Waals surface area contributed by atoms with Crippen LogP contribution in [0.2, 0.25) is 0 Å². The number of rotatable bonds is 10. The molecule has 0 aliphatic carbocycles. The molecule has 0 amide bonds. The van der Waals surface area contributed by atoms with Crippen molar-refractivity contribution >= 4 is 43.9 Å². The Morgan fingerprint density at radius 2 is 1.19 bits per heavy atom. The minimum absolute atomic E-state index is 0.225. The van der Waals surface area contributed by atoms with E-state index in [1.165, 1.54) is 38.9 Å². The van der Waals surface area contributed by atoms with Gasteiger partial charge in [-0.25, -0.2) is 0 Å². The monoisotopic (exact) mass is 588 g/mol. The molecule has 4 heterocycles. The molecular formula is C33H32O10. The number of benzene rings is 2. The van der Waals surface area contributed by atoms with Crippen molar-refractivity contribution < 1.29 is 36.6 Å². The zero-order valence-electron chi connectivity index (χ0n) is 24.8. The first kappa shape index (κ1) is 28.3. The Kier molecular flexibility index (Phi) is 7.29. The summed E-state index contributed by atoms with van der Waals surface area (Å²) in [6.07, 6.45) is 4.33. The van der Waals surface area contributed by atoms with E-state index in [9.17, 15) is 9.59 Å². The van der Waals surface area contributed by atoms with Crippen molar-refractivity contribution in [1.82, 2.24) is 0 Å². The van der Waals surface area contributed by atoms with Gasteiger partial charge >= 0.3 is 0 Å². The molecule has 2 aromatic carbocycles. The minimum atomic E-state index is -0.315. The summed E-state index contributed by atoms with van der Waals surface area (Å²) in [6.45, 7) is 7.37. The Balaban J connectivity index is 1.31. The van der Waals surface area contributed by atoms with E-state index in [4.69, 9.17) is 36.6 Å². The van der Waals surface area contributed by atoms with E-state index in [0.29, 0.717) is 86.5 Å². The van der Waals surface area contributed by atoms with Crippen LogP contribution in [0.25, 0.3) is 43.9 Å². The molecule has 6 rings (SSSR count). The van der Waals surface area contributed by atoms with Gasteiger partial charge in [-0.05, 0) is 52.2 Å². The number of hydrogen-bond acceptors (Lipinski definition) is 10. The smallest absolute Gasteiger partial charge is 0.206 e. The summed E-state index contributed by atoms with van der Waals surface area (Å²) >= 11 is 0. The van der Waals surface area contributed by atoms with Crippen LogP contribution in [0.5, 0.6) is 23.0 Å². The van der Waals surface area contributed by atoms with Gasteiger partial charge in [-0.2, -0.15) is 0 Å². The molecule has 4 aromatic heterocycles. The van der Waals surface area contributed by atoms with Crippen LogP contribution in [0.4, 0.5) is 0 Å². The number of aryl methyl sites for hydroxylation is 2. The molecule has 0 saturated carbocycles. The third kappa shape index (κ3) is 4.76. The zero-order chi connectivity index (χ0) is 30.4. The summed E-state index contributed by atoms with van der Waals surface area (Å²) < 4.78 is 47.7. The Morgan fingerprint density at radius 3 is 1.65 bits per heavy atom. The van der Waals surface area contributed by atoms with Crippen LogP contribution < -0.4 is 29.8 Å². The van der Waals surface area contributed by atoms with Gasteiger partial charge in [-0.15, -0.1) is 0 Å². The second kappa shape index (κ2) is 11.1. The predicted molar refractivity (Wildman–Crippen MR) is 161 cm³/mol. The summed E-state index contributed by atoms with van der Waals surface area (Å²) in [5.41, 5.74) is 0.974. The topological polar surface area (TPSA) is 124 Å². The molecule has 2 unspecified atom stereocenters. The van der Waals surface area contributed by atoms with Gasteiger partial charge in [0.25, 0.3) is 0 Å². The van der Waals surface area contributed by atoms with Gasteiger partial charge < -0.3 is 36.6 Å². The molecule has 224 valence electrons. The number of fused-ring (bicyclic) bond motifs is 4. The lowest BCUT2D eigenvalue weighted by molar-refractivity contribution is 0.148. The largest absolute Gasteiger partial charge is 0.495 e. The molecule has 10 heteroatoms. The van der Waals surface area contributed by atoms with Gasteiger partial charge in [0.05, 0.1) is 49.7 Å². The van der Waals surface area contributed by atoms with E-state index in [1.54, 1.807) is 26.0 Å². The first-order valence-electron chi connectivity index (χ1n) is 14.1. The molecule has 6 aromatic rings. The van der Waals surface area contributed by atoms with Crippen LogP contribution in [0.1, 0.15) is 44.6 Å². The Labute approximate surface area is 245 Å². The van der Waals surface area contributed by atoms with Crippen LogP contribution in [-0.4, -0.2) is 26.4 Å². The summed E-state index contributed by atoms with van der Waals surface area (Å²) in [5.74, 6) is 2.35. The standard InChI is InChI=1S/C33H32O10/c1-7-19(43-33-29-21(11-13-39-29)27(37-6)25-23(35)15-18(4)42-31(25)33)9-8-16(2)40-32-28-20(10-12-38-28)26(36-5)24-22(34)14-17(3)41-30(24)32/h10-16,19H,7-9H2,1-6H3. The molecule has 0 spiro atoms. The van der Waals surface area contributed by atoms with Crippen LogP contribution in [0.15, 0.2) is 64.0 Å². The van der Waals surface area contributed by atoms with E-state index in [0.717, 1.165) is 0 Å². The third-order valence-corrected chi connectivity index (χ3v) is 7.60. The molecule has 0 radical (unpaired) electrons. The number of ether oxygens (including phenoxy) is 4. The van der Waals surface area contributed by atoms with Gasteiger partial charge in [-0.3, -0.25) is 9.59 Å². The fraction of sp³-hybridized carbons (Fsp3) is 0.333. The van der Waals surface area contributed by atoms with Crippen LogP contribution in [-0.2, 0) is 0 Å². The van der Waals surface area contributed by atoms with Crippen LogP contribution in [0.3, 0.4) is 0 Å². The maximum Gasteiger partial charge on any atom is 0.206 e. The van der Waals surface area contributed by atoms with Crippen molar-refractivity contribution in [3.8, 4) is 23.0 Å². The van der Waals surface area contributed by atoms with Crippen molar-refractivity contribution in [3.05, 3.63) is 68.8 Å². The maximum atomic E-state index is 13.0. The van der Waals surface area contributed by atoms with Crippen molar-refractivity contribution in [2.75, 3.05) is 14.2 Å². The summed E-state index contributed by atoms with van der Waals surface area (Å²) in [6, 6.07) is 6.33.